The molecule has 1 rings (SSSR count). The summed E-state index contributed by atoms with van der Waals surface area (Å²) < 4.78 is 13.2. The Morgan fingerprint density at radius 1 is 1.53 bits per heavy atom. The molecule has 1 aromatic carbocycles. The van der Waals surface area contributed by atoms with Crippen LogP contribution in [0.25, 0.3) is 0 Å². The van der Waals surface area contributed by atoms with E-state index in [0.29, 0.717) is 25.2 Å². The molecule has 0 amide bonds. The fraction of sp³-hybridized carbons (Fsp3) is 0.364. The van der Waals surface area contributed by atoms with Crippen molar-refractivity contribution >= 4 is 11.4 Å². The van der Waals surface area contributed by atoms with Crippen LogP contribution in [-0.2, 0) is 0 Å². The number of nitriles is 1. The first-order valence-corrected chi connectivity index (χ1v) is 4.86. The molecule has 80 valence electrons. The lowest BCUT2D eigenvalue weighted by Gasteiger charge is -2.23. The van der Waals surface area contributed by atoms with Crippen molar-refractivity contribution in [2.24, 2.45) is 0 Å². The molecule has 0 unspecified atom stereocenters. The van der Waals surface area contributed by atoms with E-state index in [4.69, 9.17) is 11.0 Å². The van der Waals surface area contributed by atoms with Crippen LogP contribution >= 0.6 is 0 Å². The minimum atomic E-state index is -0.414. The third kappa shape index (κ3) is 2.59. The zero-order chi connectivity index (χ0) is 11.3. The first-order chi connectivity index (χ1) is 7.20. The predicted molar refractivity (Wildman–Crippen MR) is 58.9 cm³/mol. The van der Waals surface area contributed by atoms with Gasteiger partial charge in [-0.2, -0.15) is 5.26 Å². The monoisotopic (exact) mass is 207 g/mol. The number of benzene rings is 1. The maximum Gasteiger partial charge on any atom is 0.148 e. The predicted octanol–water partition coefficient (Wildman–Crippen LogP) is 2.15. The number of para-hydroxylation sites is 1. The quantitative estimate of drug-likeness (QED) is 0.769. The standard InChI is InChI=1S/C11H14FN3/c1-2-15(8-4-7-13)10-6-3-5-9(12)11(10)14/h3,5-6H,2,4,8,14H2,1H3. The molecule has 0 saturated carbocycles. The first kappa shape index (κ1) is 11.3. The summed E-state index contributed by atoms with van der Waals surface area (Å²) in [5.74, 6) is -0.414. The molecule has 0 fully saturated rings. The SMILES string of the molecule is CCN(CCC#N)c1cccc(F)c1N. The Bertz CT molecular complexity index is 371. The smallest absolute Gasteiger partial charge is 0.148 e. The molecule has 15 heavy (non-hydrogen) atoms. The number of nitrogen functional groups attached to an aromatic ring is 1. The summed E-state index contributed by atoms with van der Waals surface area (Å²) in [6.45, 7) is 3.22. The molecule has 3 nitrogen and oxygen atoms in total. The van der Waals surface area contributed by atoms with Gasteiger partial charge in [0, 0.05) is 13.1 Å². The Morgan fingerprint density at radius 3 is 2.87 bits per heavy atom. The van der Waals surface area contributed by atoms with Crippen LogP contribution < -0.4 is 10.6 Å². The molecule has 0 bridgehead atoms. The van der Waals surface area contributed by atoms with Crippen LogP contribution in [0.3, 0.4) is 0 Å². The lowest BCUT2D eigenvalue weighted by atomic mass is 10.2. The van der Waals surface area contributed by atoms with Gasteiger partial charge in [0.25, 0.3) is 0 Å². The summed E-state index contributed by atoms with van der Waals surface area (Å²) in [5.41, 5.74) is 6.44. The topological polar surface area (TPSA) is 53.0 Å². The summed E-state index contributed by atoms with van der Waals surface area (Å²) in [6.07, 6.45) is 0.407. The van der Waals surface area contributed by atoms with E-state index in [9.17, 15) is 4.39 Å². The van der Waals surface area contributed by atoms with E-state index in [1.807, 2.05) is 11.8 Å². The minimum Gasteiger partial charge on any atom is -0.395 e. The lowest BCUT2D eigenvalue weighted by Crippen LogP contribution is -2.24. The molecule has 0 aliphatic carbocycles. The van der Waals surface area contributed by atoms with Crippen molar-refractivity contribution in [1.29, 1.82) is 5.26 Å². The van der Waals surface area contributed by atoms with Crippen molar-refractivity contribution in [3.05, 3.63) is 24.0 Å². The van der Waals surface area contributed by atoms with Gasteiger partial charge < -0.3 is 10.6 Å². The van der Waals surface area contributed by atoms with Crippen LogP contribution in [0.5, 0.6) is 0 Å². The van der Waals surface area contributed by atoms with E-state index in [0.717, 1.165) is 0 Å². The average Bonchev–Trinajstić information content (AvgIpc) is 2.25. The zero-order valence-electron chi connectivity index (χ0n) is 8.70. The van der Waals surface area contributed by atoms with Gasteiger partial charge in [-0.3, -0.25) is 0 Å². The number of hydrogen-bond acceptors (Lipinski definition) is 3. The molecule has 0 radical (unpaired) electrons. The molecular weight excluding hydrogens is 193 g/mol. The molecule has 4 heteroatoms. The largest absolute Gasteiger partial charge is 0.395 e. The second-order valence-corrected chi connectivity index (χ2v) is 3.16. The third-order valence-corrected chi connectivity index (χ3v) is 2.25. The van der Waals surface area contributed by atoms with E-state index < -0.39 is 5.82 Å². The van der Waals surface area contributed by atoms with Gasteiger partial charge in [-0.15, -0.1) is 0 Å². The van der Waals surface area contributed by atoms with Crippen molar-refractivity contribution in [2.75, 3.05) is 23.7 Å². The highest BCUT2D eigenvalue weighted by molar-refractivity contribution is 5.68. The van der Waals surface area contributed by atoms with Gasteiger partial charge in [-0.1, -0.05) is 6.07 Å². The maximum absolute atomic E-state index is 13.2. The first-order valence-electron chi connectivity index (χ1n) is 4.86. The van der Waals surface area contributed by atoms with E-state index in [1.165, 1.54) is 6.07 Å². The van der Waals surface area contributed by atoms with Crippen LogP contribution in [0.4, 0.5) is 15.8 Å². The Morgan fingerprint density at radius 2 is 2.27 bits per heavy atom. The number of hydrogen-bond donors (Lipinski definition) is 1. The molecule has 0 spiro atoms. The van der Waals surface area contributed by atoms with E-state index in [-0.39, 0.29) is 5.69 Å². The molecule has 0 heterocycles. The van der Waals surface area contributed by atoms with Crippen LogP contribution in [0.1, 0.15) is 13.3 Å². The highest BCUT2D eigenvalue weighted by Crippen LogP contribution is 2.25. The molecule has 2 N–H and O–H groups in total. The second-order valence-electron chi connectivity index (χ2n) is 3.16. The summed E-state index contributed by atoms with van der Waals surface area (Å²) in [6, 6.07) is 6.77. The third-order valence-electron chi connectivity index (χ3n) is 2.25. The number of nitrogens with two attached hydrogens (primary N) is 1. The fourth-order valence-corrected chi connectivity index (χ4v) is 1.44. The minimum absolute atomic E-state index is 0.150. The summed E-state index contributed by atoms with van der Waals surface area (Å²) in [5, 5.41) is 8.50. The molecule has 0 aliphatic rings. The van der Waals surface area contributed by atoms with Gasteiger partial charge in [0.2, 0.25) is 0 Å². The highest BCUT2D eigenvalue weighted by Gasteiger charge is 2.10. The number of nitrogens with zero attached hydrogens (tertiary/aromatic N) is 2. The summed E-state index contributed by atoms with van der Waals surface area (Å²) >= 11 is 0. The van der Waals surface area contributed by atoms with Crippen LogP contribution in [-0.4, -0.2) is 13.1 Å². The van der Waals surface area contributed by atoms with Gasteiger partial charge in [-0.25, -0.2) is 4.39 Å². The van der Waals surface area contributed by atoms with Crippen molar-refractivity contribution in [1.82, 2.24) is 0 Å². The van der Waals surface area contributed by atoms with E-state index >= 15 is 0 Å². The molecular formula is C11H14FN3. The Hall–Kier alpha value is -1.76. The summed E-state index contributed by atoms with van der Waals surface area (Å²) in [4.78, 5) is 1.89. The molecule has 1 aromatic rings. The van der Waals surface area contributed by atoms with E-state index in [1.54, 1.807) is 12.1 Å². The Kier molecular flexibility index (Phi) is 3.92. The lowest BCUT2D eigenvalue weighted by molar-refractivity contribution is 0.631. The van der Waals surface area contributed by atoms with Crippen molar-refractivity contribution in [3.63, 3.8) is 0 Å². The molecule has 0 aromatic heterocycles. The Balaban J connectivity index is 2.92. The zero-order valence-corrected chi connectivity index (χ0v) is 8.70. The van der Waals surface area contributed by atoms with Crippen LogP contribution in [0.2, 0.25) is 0 Å². The van der Waals surface area contributed by atoms with Gasteiger partial charge in [0.05, 0.1) is 23.9 Å². The number of rotatable bonds is 4. The molecule has 0 aliphatic heterocycles. The molecule has 0 saturated heterocycles. The van der Waals surface area contributed by atoms with Gasteiger partial charge in [-0.05, 0) is 19.1 Å². The number of halogens is 1. The van der Waals surface area contributed by atoms with Crippen molar-refractivity contribution in [2.45, 2.75) is 13.3 Å². The average molecular weight is 207 g/mol. The van der Waals surface area contributed by atoms with Crippen molar-refractivity contribution < 1.29 is 4.39 Å². The van der Waals surface area contributed by atoms with Crippen LogP contribution in [0.15, 0.2) is 18.2 Å². The van der Waals surface area contributed by atoms with Crippen molar-refractivity contribution in [3.8, 4) is 6.07 Å². The molecule has 0 atom stereocenters. The van der Waals surface area contributed by atoms with Crippen LogP contribution in [0, 0.1) is 17.1 Å². The highest BCUT2D eigenvalue weighted by atomic mass is 19.1. The second kappa shape index (κ2) is 5.20. The normalized spacial score (nSPS) is 9.67. The van der Waals surface area contributed by atoms with Gasteiger partial charge >= 0.3 is 0 Å². The van der Waals surface area contributed by atoms with Gasteiger partial charge in [0.15, 0.2) is 0 Å². The Labute approximate surface area is 88.9 Å². The number of anilines is 2. The fourth-order valence-electron chi connectivity index (χ4n) is 1.44. The van der Waals surface area contributed by atoms with E-state index in [2.05, 4.69) is 6.07 Å². The van der Waals surface area contributed by atoms with Gasteiger partial charge in [0.1, 0.15) is 5.82 Å². The summed E-state index contributed by atoms with van der Waals surface area (Å²) in [7, 11) is 0. The maximum atomic E-state index is 13.2.